The number of ether oxygens (including phenoxy) is 2. The molecule has 122 valence electrons. The predicted octanol–water partition coefficient (Wildman–Crippen LogP) is 3.54. The van der Waals surface area contributed by atoms with Crippen molar-refractivity contribution >= 4 is 16.9 Å². The van der Waals surface area contributed by atoms with E-state index in [9.17, 15) is 4.79 Å². The van der Waals surface area contributed by atoms with Gasteiger partial charge in [0.1, 0.15) is 11.8 Å². The van der Waals surface area contributed by atoms with Crippen molar-refractivity contribution in [2.24, 2.45) is 18.4 Å². The zero-order valence-electron chi connectivity index (χ0n) is 13.9. The normalized spacial score (nSPS) is 28.9. The average Bonchev–Trinajstić information content (AvgIpc) is 2.90. The van der Waals surface area contributed by atoms with Gasteiger partial charge in [0.15, 0.2) is 0 Å². The molecule has 1 aliphatic heterocycles. The number of aromatic nitrogens is 1. The van der Waals surface area contributed by atoms with Crippen LogP contribution >= 0.6 is 0 Å². The summed E-state index contributed by atoms with van der Waals surface area (Å²) in [6.07, 6.45) is 2.31. The van der Waals surface area contributed by atoms with Gasteiger partial charge in [0.05, 0.1) is 6.10 Å². The number of hydrogen-bond acceptors (Lipinski definition) is 3. The van der Waals surface area contributed by atoms with Crippen LogP contribution in [0.1, 0.15) is 37.2 Å². The summed E-state index contributed by atoms with van der Waals surface area (Å²) in [5.41, 5.74) is 1.55. The molecule has 0 radical (unpaired) electrons. The highest BCUT2D eigenvalue weighted by Crippen LogP contribution is 2.53. The Bertz CT molecular complexity index is 761. The molecule has 2 aromatic rings. The molecule has 1 saturated heterocycles. The number of rotatable bonds is 2. The molecule has 1 aliphatic carbocycles. The first-order chi connectivity index (χ1) is 11.0. The Labute approximate surface area is 136 Å². The maximum Gasteiger partial charge on any atom is 0.355 e. The third-order valence-corrected chi connectivity index (χ3v) is 5.62. The molecule has 2 aliphatic rings. The molecule has 1 saturated carbocycles. The van der Waals surface area contributed by atoms with Crippen molar-refractivity contribution in [3.8, 4) is 0 Å². The summed E-state index contributed by atoms with van der Waals surface area (Å²) in [5, 5.41) is 1.06. The summed E-state index contributed by atoms with van der Waals surface area (Å²) < 4.78 is 13.7. The molecule has 2 fully saturated rings. The molecule has 0 N–H and O–H groups in total. The lowest BCUT2D eigenvalue weighted by atomic mass is 9.57. The van der Waals surface area contributed by atoms with Gasteiger partial charge < -0.3 is 14.0 Å². The van der Waals surface area contributed by atoms with Gasteiger partial charge in [0.25, 0.3) is 0 Å². The number of carbonyl (C=O) groups excluding carboxylic acids is 1. The smallest absolute Gasteiger partial charge is 0.355 e. The van der Waals surface area contributed by atoms with E-state index >= 15 is 0 Å². The number of hydrogen-bond donors (Lipinski definition) is 0. The lowest BCUT2D eigenvalue weighted by molar-refractivity contribution is -0.243. The molecule has 4 rings (SSSR count). The van der Waals surface area contributed by atoms with Gasteiger partial charge in [-0.05, 0) is 25.0 Å². The van der Waals surface area contributed by atoms with E-state index in [1.165, 1.54) is 0 Å². The van der Waals surface area contributed by atoms with Crippen molar-refractivity contribution in [2.45, 2.75) is 38.9 Å². The van der Waals surface area contributed by atoms with Gasteiger partial charge in [-0.15, -0.1) is 0 Å². The second kappa shape index (κ2) is 5.10. The van der Waals surface area contributed by atoms with E-state index in [1.807, 2.05) is 41.9 Å². The SMILES string of the molecule is Cn1c(C(=O)O[C@@H]2[C@H]3CCCO[C@@H]3C2(C)C)cc2ccccc21. The molecule has 4 heteroatoms. The number of aryl methyl sites for hydroxylation is 1. The minimum atomic E-state index is -0.231. The molecule has 0 amide bonds. The van der Waals surface area contributed by atoms with Gasteiger partial charge in [-0.3, -0.25) is 0 Å². The van der Waals surface area contributed by atoms with Crippen molar-refractivity contribution in [3.05, 3.63) is 36.0 Å². The monoisotopic (exact) mass is 313 g/mol. The topological polar surface area (TPSA) is 40.5 Å². The number of fused-ring (bicyclic) bond motifs is 2. The maximum atomic E-state index is 12.7. The second-order valence-electron chi connectivity index (χ2n) is 7.39. The first-order valence-electron chi connectivity index (χ1n) is 8.37. The highest BCUT2D eigenvalue weighted by atomic mass is 16.6. The second-order valence-corrected chi connectivity index (χ2v) is 7.39. The van der Waals surface area contributed by atoms with Crippen LogP contribution < -0.4 is 0 Å². The van der Waals surface area contributed by atoms with Crippen LogP contribution in [0.3, 0.4) is 0 Å². The quantitative estimate of drug-likeness (QED) is 0.796. The average molecular weight is 313 g/mol. The predicted molar refractivity (Wildman–Crippen MR) is 88.4 cm³/mol. The molecule has 3 atom stereocenters. The Hall–Kier alpha value is -1.81. The van der Waals surface area contributed by atoms with Crippen LogP contribution in [0.15, 0.2) is 30.3 Å². The summed E-state index contributed by atoms with van der Waals surface area (Å²) in [4.78, 5) is 12.7. The van der Waals surface area contributed by atoms with Crippen LogP contribution in [-0.2, 0) is 16.5 Å². The van der Waals surface area contributed by atoms with Gasteiger partial charge >= 0.3 is 5.97 Å². The van der Waals surface area contributed by atoms with Gasteiger partial charge in [-0.1, -0.05) is 32.0 Å². The largest absolute Gasteiger partial charge is 0.457 e. The van der Waals surface area contributed by atoms with E-state index in [2.05, 4.69) is 13.8 Å². The molecule has 0 spiro atoms. The number of benzene rings is 1. The van der Waals surface area contributed by atoms with Crippen LogP contribution in [0.2, 0.25) is 0 Å². The highest BCUT2D eigenvalue weighted by molar-refractivity contribution is 5.95. The van der Waals surface area contributed by atoms with E-state index in [4.69, 9.17) is 9.47 Å². The number of carbonyl (C=O) groups is 1. The van der Waals surface area contributed by atoms with Crippen molar-refractivity contribution in [1.82, 2.24) is 4.57 Å². The summed E-state index contributed by atoms with van der Waals surface area (Å²) >= 11 is 0. The van der Waals surface area contributed by atoms with Crippen molar-refractivity contribution < 1.29 is 14.3 Å². The summed E-state index contributed by atoms with van der Waals surface area (Å²) in [7, 11) is 1.91. The highest BCUT2D eigenvalue weighted by Gasteiger charge is 2.60. The van der Waals surface area contributed by atoms with E-state index in [0.29, 0.717) is 11.6 Å². The van der Waals surface area contributed by atoms with Crippen molar-refractivity contribution in [1.29, 1.82) is 0 Å². The van der Waals surface area contributed by atoms with Gasteiger partial charge in [0, 0.05) is 35.9 Å². The Morgan fingerprint density at radius 1 is 1.35 bits per heavy atom. The molecule has 2 heterocycles. The molecule has 1 aromatic heterocycles. The fourth-order valence-electron chi connectivity index (χ4n) is 4.38. The zero-order chi connectivity index (χ0) is 16.2. The minimum absolute atomic E-state index is 0.0571. The summed E-state index contributed by atoms with van der Waals surface area (Å²) in [6.45, 7) is 5.10. The van der Waals surface area contributed by atoms with Crippen LogP contribution in [0.4, 0.5) is 0 Å². The summed E-state index contributed by atoms with van der Waals surface area (Å²) in [5.74, 6) is 0.114. The fraction of sp³-hybridized carbons (Fsp3) is 0.526. The van der Waals surface area contributed by atoms with E-state index in [0.717, 1.165) is 30.4 Å². The van der Waals surface area contributed by atoms with E-state index in [-0.39, 0.29) is 23.6 Å². The lowest BCUT2D eigenvalue weighted by Crippen LogP contribution is -2.65. The van der Waals surface area contributed by atoms with Crippen LogP contribution in [0.5, 0.6) is 0 Å². The molecule has 0 unspecified atom stereocenters. The van der Waals surface area contributed by atoms with Gasteiger partial charge in [0.2, 0.25) is 0 Å². The van der Waals surface area contributed by atoms with Crippen molar-refractivity contribution in [2.75, 3.05) is 6.61 Å². The zero-order valence-corrected chi connectivity index (χ0v) is 13.9. The molecular formula is C19H23NO3. The molecular weight excluding hydrogens is 290 g/mol. The maximum absolute atomic E-state index is 12.7. The fourth-order valence-corrected chi connectivity index (χ4v) is 4.38. The van der Waals surface area contributed by atoms with Crippen molar-refractivity contribution in [3.63, 3.8) is 0 Å². The number of para-hydroxylation sites is 1. The van der Waals surface area contributed by atoms with Crippen LogP contribution in [0.25, 0.3) is 10.9 Å². The number of nitrogens with zero attached hydrogens (tertiary/aromatic N) is 1. The lowest BCUT2D eigenvalue weighted by Gasteiger charge is -2.58. The Morgan fingerprint density at radius 2 is 2.13 bits per heavy atom. The Kier molecular flexibility index (Phi) is 3.27. The standard InChI is InChI=1S/C19H23NO3/c1-19(2)16-13(8-6-10-22-16)17(19)23-18(21)15-11-12-7-4-5-9-14(12)20(15)3/h4-5,7,9,11,13,16-17H,6,8,10H2,1-3H3/t13-,16-,17+/m0/s1. The number of esters is 1. The molecule has 1 aromatic carbocycles. The first kappa shape index (κ1) is 14.8. The molecule has 4 nitrogen and oxygen atoms in total. The third-order valence-electron chi connectivity index (χ3n) is 5.62. The van der Waals surface area contributed by atoms with Gasteiger partial charge in [-0.25, -0.2) is 4.79 Å². The molecule has 0 bridgehead atoms. The van der Waals surface area contributed by atoms with E-state index < -0.39 is 0 Å². The Balaban J connectivity index is 1.58. The minimum Gasteiger partial charge on any atom is -0.457 e. The molecule has 23 heavy (non-hydrogen) atoms. The van der Waals surface area contributed by atoms with Crippen LogP contribution in [0, 0.1) is 11.3 Å². The first-order valence-corrected chi connectivity index (χ1v) is 8.37. The van der Waals surface area contributed by atoms with E-state index in [1.54, 1.807) is 0 Å². The third kappa shape index (κ3) is 2.12. The van der Waals surface area contributed by atoms with Gasteiger partial charge in [-0.2, -0.15) is 0 Å². The Morgan fingerprint density at radius 3 is 2.91 bits per heavy atom. The van der Waals surface area contributed by atoms with Crippen LogP contribution in [-0.4, -0.2) is 29.4 Å². The summed E-state index contributed by atoms with van der Waals surface area (Å²) in [6, 6.07) is 9.92.